The molecule has 0 aliphatic heterocycles. The number of aryl methyl sites for hydroxylation is 1. The second-order valence-electron chi connectivity index (χ2n) is 9.05. The Morgan fingerprint density at radius 3 is 2.31 bits per heavy atom. The summed E-state index contributed by atoms with van der Waals surface area (Å²) in [5.74, 6) is 0.553. The summed E-state index contributed by atoms with van der Waals surface area (Å²) in [5, 5.41) is 3.03. The predicted molar refractivity (Wildman–Crippen MR) is 143 cm³/mol. The number of para-hydroxylation sites is 1. The van der Waals surface area contributed by atoms with Gasteiger partial charge in [-0.2, -0.15) is 0 Å². The zero-order chi connectivity index (χ0) is 25.2. The van der Waals surface area contributed by atoms with E-state index >= 15 is 0 Å². The van der Waals surface area contributed by atoms with E-state index in [2.05, 4.69) is 21.2 Å². The van der Waals surface area contributed by atoms with Crippen LogP contribution in [0.3, 0.4) is 0 Å². The van der Waals surface area contributed by atoms with Crippen molar-refractivity contribution < 1.29 is 14.3 Å². The minimum atomic E-state index is -0.678. The number of hydrogen-bond acceptors (Lipinski definition) is 3. The molecule has 0 spiro atoms. The van der Waals surface area contributed by atoms with Gasteiger partial charge in [0.1, 0.15) is 11.8 Å². The maximum atomic E-state index is 13.6. The molecule has 3 rings (SSSR count). The van der Waals surface area contributed by atoms with Crippen molar-refractivity contribution in [3.05, 3.63) is 100 Å². The molecule has 1 N–H and O–H groups in total. The Labute approximate surface area is 216 Å². The summed E-state index contributed by atoms with van der Waals surface area (Å²) in [6, 6.07) is 24.5. The molecule has 3 aromatic carbocycles. The molecule has 0 radical (unpaired) electrons. The highest BCUT2D eigenvalue weighted by Crippen LogP contribution is 2.20. The molecule has 0 fully saturated rings. The molecule has 0 aliphatic rings. The van der Waals surface area contributed by atoms with Crippen LogP contribution in [0.2, 0.25) is 0 Å². The summed E-state index contributed by atoms with van der Waals surface area (Å²) in [7, 11) is 0. The summed E-state index contributed by atoms with van der Waals surface area (Å²) in [6.07, 6.45) is 0.412. The van der Waals surface area contributed by atoms with Gasteiger partial charge >= 0.3 is 0 Å². The lowest BCUT2D eigenvalue weighted by atomic mass is 10.0. The van der Waals surface area contributed by atoms with Gasteiger partial charge in [0, 0.05) is 24.0 Å². The number of halogens is 1. The number of nitrogens with zero attached hydrogens (tertiary/aromatic N) is 1. The minimum Gasteiger partial charge on any atom is -0.484 e. The van der Waals surface area contributed by atoms with E-state index in [-0.39, 0.29) is 18.4 Å². The Balaban J connectivity index is 1.91. The summed E-state index contributed by atoms with van der Waals surface area (Å²) < 4.78 is 6.81. The lowest BCUT2D eigenvalue weighted by Crippen LogP contribution is -2.52. The van der Waals surface area contributed by atoms with Crippen molar-refractivity contribution in [2.75, 3.05) is 13.2 Å². The van der Waals surface area contributed by atoms with Gasteiger partial charge in [0.15, 0.2) is 6.61 Å². The Bertz CT molecular complexity index is 1120. The topological polar surface area (TPSA) is 58.6 Å². The van der Waals surface area contributed by atoms with Crippen molar-refractivity contribution in [1.29, 1.82) is 0 Å². The van der Waals surface area contributed by atoms with Gasteiger partial charge in [-0.25, -0.2) is 0 Å². The van der Waals surface area contributed by atoms with Crippen LogP contribution in [0.15, 0.2) is 83.3 Å². The highest BCUT2D eigenvalue weighted by molar-refractivity contribution is 9.10. The number of rotatable bonds is 11. The van der Waals surface area contributed by atoms with E-state index in [1.165, 1.54) is 0 Å². The van der Waals surface area contributed by atoms with Crippen LogP contribution in [-0.2, 0) is 22.6 Å². The molecule has 2 amide bonds. The normalized spacial score (nSPS) is 11.7. The molecule has 0 saturated carbocycles. The lowest BCUT2D eigenvalue weighted by Gasteiger charge is -2.32. The van der Waals surface area contributed by atoms with E-state index in [9.17, 15) is 9.59 Å². The number of benzene rings is 3. The first kappa shape index (κ1) is 26.5. The molecule has 0 aliphatic carbocycles. The summed E-state index contributed by atoms with van der Waals surface area (Å²) >= 11 is 3.51. The van der Waals surface area contributed by atoms with Crippen molar-refractivity contribution >= 4 is 27.7 Å². The van der Waals surface area contributed by atoms with Crippen LogP contribution < -0.4 is 10.1 Å². The maximum Gasteiger partial charge on any atom is 0.261 e. The number of nitrogens with one attached hydrogen (secondary N) is 1. The van der Waals surface area contributed by atoms with Crippen LogP contribution in [-0.4, -0.2) is 35.9 Å². The highest BCUT2D eigenvalue weighted by atomic mass is 79.9. The number of hydrogen-bond donors (Lipinski definition) is 1. The maximum absolute atomic E-state index is 13.6. The standard InChI is InChI=1S/C29H33BrN2O3/c1-21(2)18-31-29(34)26(17-23-11-5-4-6-12-23)32(19-24-13-9-14-25(30)16-24)28(33)20-35-27-15-8-7-10-22(27)3/h4-16,21,26H,17-20H2,1-3H3,(H,31,34). The Kier molecular flexibility index (Phi) is 9.91. The van der Waals surface area contributed by atoms with E-state index < -0.39 is 6.04 Å². The van der Waals surface area contributed by atoms with E-state index in [1.807, 2.05) is 99.6 Å². The average Bonchev–Trinajstić information content (AvgIpc) is 2.84. The summed E-state index contributed by atoms with van der Waals surface area (Å²) in [4.78, 5) is 28.7. The highest BCUT2D eigenvalue weighted by Gasteiger charge is 2.30. The third kappa shape index (κ3) is 8.25. The number of ether oxygens (including phenoxy) is 1. The fourth-order valence-electron chi connectivity index (χ4n) is 3.75. The van der Waals surface area contributed by atoms with Gasteiger partial charge in [0.05, 0.1) is 0 Å². The molecule has 0 heterocycles. The van der Waals surface area contributed by atoms with Gasteiger partial charge in [0.2, 0.25) is 5.91 Å². The van der Waals surface area contributed by atoms with Crippen LogP contribution in [0.4, 0.5) is 0 Å². The molecule has 1 unspecified atom stereocenters. The second kappa shape index (κ2) is 13.1. The smallest absolute Gasteiger partial charge is 0.261 e. The molecule has 0 bridgehead atoms. The minimum absolute atomic E-state index is 0.151. The average molecular weight is 537 g/mol. The molecule has 5 nitrogen and oxygen atoms in total. The molecule has 3 aromatic rings. The van der Waals surface area contributed by atoms with E-state index in [0.717, 1.165) is 21.2 Å². The van der Waals surface area contributed by atoms with Crippen molar-refractivity contribution in [3.8, 4) is 5.75 Å². The van der Waals surface area contributed by atoms with E-state index in [4.69, 9.17) is 4.74 Å². The molecule has 6 heteroatoms. The van der Waals surface area contributed by atoms with Crippen LogP contribution in [0.5, 0.6) is 5.75 Å². The first-order valence-electron chi connectivity index (χ1n) is 11.9. The van der Waals surface area contributed by atoms with E-state index in [0.29, 0.717) is 31.2 Å². The summed E-state index contributed by atoms with van der Waals surface area (Å²) in [5.41, 5.74) is 2.87. The molecular formula is C29H33BrN2O3. The van der Waals surface area contributed by atoms with Crippen molar-refractivity contribution in [2.24, 2.45) is 5.92 Å². The molecule has 0 saturated heterocycles. The number of carbonyl (C=O) groups is 2. The van der Waals surface area contributed by atoms with Crippen molar-refractivity contribution in [1.82, 2.24) is 10.2 Å². The van der Waals surface area contributed by atoms with Gasteiger partial charge in [0.25, 0.3) is 5.91 Å². The van der Waals surface area contributed by atoms with E-state index in [1.54, 1.807) is 4.90 Å². The predicted octanol–water partition coefficient (Wildman–Crippen LogP) is 5.55. The van der Waals surface area contributed by atoms with Gasteiger partial charge in [-0.1, -0.05) is 90.4 Å². The number of carbonyl (C=O) groups excluding carboxylic acids is 2. The Morgan fingerprint density at radius 2 is 1.63 bits per heavy atom. The number of amides is 2. The van der Waals surface area contributed by atoms with Crippen LogP contribution >= 0.6 is 15.9 Å². The monoisotopic (exact) mass is 536 g/mol. The van der Waals surface area contributed by atoms with Crippen LogP contribution in [0.1, 0.15) is 30.5 Å². The first-order chi connectivity index (χ1) is 16.8. The molecule has 1 atom stereocenters. The Morgan fingerprint density at radius 1 is 0.943 bits per heavy atom. The zero-order valence-corrected chi connectivity index (χ0v) is 22.1. The second-order valence-corrected chi connectivity index (χ2v) is 9.97. The SMILES string of the molecule is Cc1ccccc1OCC(=O)N(Cc1cccc(Br)c1)C(Cc1ccccc1)C(=O)NCC(C)C. The molecule has 184 valence electrons. The molecular weight excluding hydrogens is 504 g/mol. The van der Waals surface area contributed by atoms with Gasteiger partial charge < -0.3 is 15.0 Å². The van der Waals surface area contributed by atoms with Crippen molar-refractivity contribution in [3.63, 3.8) is 0 Å². The molecule has 0 aromatic heterocycles. The zero-order valence-electron chi connectivity index (χ0n) is 20.5. The fraction of sp³-hybridized carbons (Fsp3) is 0.310. The van der Waals surface area contributed by atoms with Gasteiger partial charge in [-0.3, -0.25) is 9.59 Å². The largest absolute Gasteiger partial charge is 0.484 e. The van der Waals surface area contributed by atoms with Gasteiger partial charge in [-0.05, 0) is 47.7 Å². The van der Waals surface area contributed by atoms with Gasteiger partial charge in [-0.15, -0.1) is 0 Å². The third-order valence-corrected chi connectivity index (χ3v) is 6.14. The third-order valence-electron chi connectivity index (χ3n) is 5.64. The summed E-state index contributed by atoms with van der Waals surface area (Å²) in [6.45, 7) is 6.73. The van der Waals surface area contributed by atoms with Crippen LogP contribution in [0.25, 0.3) is 0 Å². The fourth-order valence-corrected chi connectivity index (χ4v) is 4.20. The lowest BCUT2D eigenvalue weighted by molar-refractivity contribution is -0.142. The first-order valence-corrected chi connectivity index (χ1v) is 12.7. The molecule has 35 heavy (non-hydrogen) atoms. The van der Waals surface area contributed by atoms with Crippen LogP contribution in [0, 0.1) is 12.8 Å². The van der Waals surface area contributed by atoms with Crippen molar-refractivity contribution in [2.45, 2.75) is 39.8 Å². The quantitative estimate of drug-likeness (QED) is 0.349. The Hall–Kier alpha value is -3.12.